The number of likely N-dealkylation sites (tertiary alicyclic amines) is 1. The highest BCUT2D eigenvalue weighted by molar-refractivity contribution is 9.10. The minimum absolute atomic E-state index is 0.264. The second kappa shape index (κ2) is 7.87. The molecule has 1 saturated heterocycles. The van der Waals surface area contributed by atoms with E-state index in [4.69, 9.17) is 4.74 Å². The Kier molecular flexibility index (Phi) is 5.82. The Morgan fingerprint density at radius 1 is 1.42 bits per heavy atom. The largest absolute Gasteiger partial charge is 0.381 e. The minimum atomic E-state index is 0.264. The molecule has 2 fully saturated rings. The fourth-order valence-electron chi connectivity index (χ4n) is 3.61. The third-order valence-electron chi connectivity index (χ3n) is 5.24. The van der Waals surface area contributed by atoms with Gasteiger partial charge in [-0.15, -0.1) is 0 Å². The molecule has 3 rings (SSSR count). The van der Waals surface area contributed by atoms with Crippen molar-refractivity contribution in [1.82, 2.24) is 10.2 Å². The van der Waals surface area contributed by atoms with E-state index in [-0.39, 0.29) is 5.41 Å². The van der Waals surface area contributed by atoms with E-state index >= 15 is 0 Å². The number of guanidine groups is 1. The van der Waals surface area contributed by atoms with Gasteiger partial charge in [0.05, 0.1) is 6.61 Å². The zero-order valence-corrected chi connectivity index (χ0v) is 16.3. The van der Waals surface area contributed by atoms with E-state index < -0.39 is 0 Å². The fraction of sp³-hybridized carbons (Fsp3) is 0.632. The molecule has 2 aliphatic rings. The van der Waals surface area contributed by atoms with Crippen LogP contribution in [0.15, 0.2) is 33.7 Å². The number of aliphatic imine (C=N–C) groups is 1. The van der Waals surface area contributed by atoms with Crippen LogP contribution in [0.3, 0.4) is 0 Å². The third kappa shape index (κ3) is 3.94. The average Bonchev–Trinajstić information content (AvgIpc) is 3.24. The van der Waals surface area contributed by atoms with Crippen LogP contribution in [-0.4, -0.2) is 50.8 Å². The normalized spacial score (nSPS) is 22.7. The molecule has 5 heteroatoms. The van der Waals surface area contributed by atoms with E-state index in [1.54, 1.807) is 0 Å². The van der Waals surface area contributed by atoms with Crippen molar-refractivity contribution in [2.24, 2.45) is 10.9 Å². The smallest absolute Gasteiger partial charge is 0.193 e. The highest BCUT2D eigenvalue weighted by atomic mass is 79.9. The molecule has 1 N–H and O–H groups in total. The molecule has 132 valence electrons. The Morgan fingerprint density at radius 3 is 2.88 bits per heavy atom. The summed E-state index contributed by atoms with van der Waals surface area (Å²) < 4.78 is 6.80. The van der Waals surface area contributed by atoms with Crippen LogP contribution in [0.1, 0.15) is 31.7 Å². The number of hydrogen-bond donors (Lipinski definition) is 1. The van der Waals surface area contributed by atoms with Crippen LogP contribution in [0.4, 0.5) is 0 Å². The maximum Gasteiger partial charge on any atom is 0.193 e. The maximum absolute atomic E-state index is 5.58. The van der Waals surface area contributed by atoms with E-state index in [1.165, 1.54) is 29.3 Å². The number of halogens is 1. The van der Waals surface area contributed by atoms with Gasteiger partial charge in [0.15, 0.2) is 5.96 Å². The first-order valence-corrected chi connectivity index (χ1v) is 9.76. The van der Waals surface area contributed by atoms with Crippen molar-refractivity contribution in [1.29, 1.82) is 0 Å². The van der Waals surface area contributed by atoms with Gasteiger partial charge in [-0.1, -0.05) is 34.1 Å². The topological polar surface area (TPSA) is 36.9 Å². The Morgan fingerprint density at radius 2 is 2.21 bits per heavy atom. The Labute approximate surface area is 153 Å². The first-order valence-electron chi connectivity index (χ1n) is 8.97. The van der Waals surface area contributed by atoms with E-state index in [9.17, 15) is 0 Å². The second-order valence-corrected chi connectivity index (χ2v) is 7.78. The van der Waals surface area contributed by atoms with Gasteiger partial charge in [0, 0.05) is 49.1 Å². The quantitative estimate of drug-likeness (QED) is 0.594. The summed E-state index contributed by atoms with van der Waals surface area (Å²) in [6, 6.07) is 8.60. The first kappa shape index (κ1) is 17.7. The summed E-state index contributed by atoms with van der Waals surface area (Å²) in [4.78, 5) is 6.89. The molecule has 1 aliphatic heterocycles. The summed E-state index contributed by atoms with van der Waals surface area (Å²) in [5.74, 6) is 1.66. The molecule has 0 amide bonds. The van der Waals surface area contributed by atoms with Gasteiger partial charge in [-0.3, -0.25) is 4.99 Å². The molecule has 24 heavy (non-hydrogen) atoms. The lowest BCUT2D eigenvalue weighted by molar-refractivity contribution is 0.114. The summed E-state index contributed by atoms with van der Waals surface area (Å²) in [6.07, 6.45) is 3.68. The summed E-state index contributed by atoms with van der Waals surface area (Å²) >= 11 is 3.71. The van der Waals surface area contributed by atoms with Crippen LogP contribution < -0.4 is 5.32 Å². The van der Waals surface area contributed by atoms with Gasteiger partial charge in [-0.2, -0.15) is 0 Å². The van der Waals surface area contributed by atoms with Crippen LogP contribution in [-0.2, 0) is 10.2 Å². The first-order chi connectivity index (χ1) is 11.7. The Balaban J connectivity index is 1.57. The van der Waals surface area contributed by atoms with E-state index in [1.807, 2.05) is 7.05 Å². The van der Waals surface area contributed by atoms with Crippen molar-refractivity contribution in [2.45, 2.75) is 31.6 Å². The average molecular weight is 394 g/mol. The van der Waals surface area contributed by atoms with Crippen molar-refractivity contribution >= 4 is 21.9 Å². The monoisotopic (exact) mass is 393 g/mol. The highest BCUT2D eigenvalue weighted by Crippen LogP contribution is 2.49. The lowest BCUT2D eigenvalue weighted by Crippen LogP contribution is -2.43. The lowest BCUT2D eigenvalue weighted by atomic mass is 9.96. The van der Waals surface area contributed by atoms with Crippen LogP contribution in [0.5, 0.6) is 0 Å². The van der Waals surface area contributed by atoms with Crippen molar-refractivity contribution in [2.75, 3.05) is 39.9 Å². The molecule has 1 unspecified atom stereocenters. The van der Waals surface area contributed by atoms with Crippen molar-refractivity contribution < 1.29 is 4.74 Å². The molecule has 1 saturated carbocycles. The van der Waals surface area contributed by atoms with Crippen LogP contribution in [0.2, 0.25) is 0 Å². The van der Waals surface area contributed by atoms with Gasteiger partial charge >= 0.3 is 0 Å². The second-order valence-electron chi connectivity index (χ2n) is 6.92. The molecular formula is C19H28BrN3O. The summed E-state index contributed by atoms with van der Waals surface area (Å²) in [5, 5.41) is 3.63. The molecule has 1 aromatic rings. The number of ether oxygens (including phenoxy) is 1. The van der Waals surface area contributed by atoms with Crippen molar-refractivity contribution in [3.05, 3.63) is 34.3 Å². The molecule has 0 radical (unpaired) electrons. The molecule has 4 nitrogen and oxygen atoms in total. The van der Waals surface area contributed by atoms with Gasteiger partial charge in [0.1, 0.15) is 0 Å². The Hall–Kier alpha value is -1.07. The summed E-state index contributed by atoms with van der Waals surface area (Å²) in [7, 11) is 1.89. The maximum atomic E-state index is 5.58. The van der Waals surface area contributed by atoms with Gasteiger partial charge in [0.2, 0.25) is 0 Å². The summed E-state index contributed by atoms with van der Waals surface area (Å²) in [5.41, 5.74) is 1.68. The zero-order chi connectivity index (χ0) is 17.0. The molecule has 1 atom stereocenters. The van der Waals surface area contributed by atoms with Crippen LogP contribution >= 0.6 is 15.9 Å². The SMILES string of the molecule is CCOCC1CCN(C(=NC)NCC2(c3ccccc3Br)CC2)C1. The van der Waals surface area contributed by atoms with Gasteiger partial charge < -0.3 is 15.0 Å². The zero-order valence-electron chi connectivity index (χ0n) is 14.7. The number of benzene rings is 1. The Bertz CT molecular complexity index is 586. The van der Waals surface area contributed by atoms with Crippen LogP contribution in [0.25, 0.3) is 0 Å². The fourth-order valence-corrected chi connectivity index (χ4v) is 4.31. The number of nitrogens with one attached hydrogen (secondary N) is 1. The number of hydrogen-bond acceptors (Lipinski definition) is 2. The van der Waals surface area contributed by atoms with Gasteiger partial charge in [-0.05, 0) is 37.8 Å². The van der Waals surface area contributed by atoms with Gasteiger partial charge in [-0.25, -0.2) is 0 Å². The van der Waals surface area contributed by atoms with E-state index in [2.05, 4.69) is 62.3 Å². The van der Waals surface area contributed by atoms with Crippen molar-refractivity contribution in [3.8, 4) is 0 Å². The molecule has 1 aromatic carbocycles. The highest BCUT2D eigenvalue weighted by Gasteiger charge is 2.45. The van der Waals surface area contributed by atoms with E-state index in [0.29, 0.717) is 5.92 Å². The van der Waals surface area contributed by atoms with Gasteiger partial charge in [0.25, 0.3) is 0 Å². The molecule has 0 spiro atoms. The molecular weight excluding hydrogens is 366 g/mol. The third-order valence-corrected chi connectivity index (χ3v) is 5.93. The predicted octanol–water partition coefficient (Wildman–Crippen LogP) is 3.41. The molecule has 1 heterocycles. The standard InChI is InChI=1S/C19H28BrN3O/c1-3-24-13-15-8-11-23(12-15)18(21-2)22-14-19(9-10-19)16-6-4-5-7-17(16)20/h4-7,15H,3,8-14H2,1-2H3,(H,21,22). The summed E-state index contributed by atoms with van der Waals surface area (Å²) in [6.45, 7) is 6.79. The minimum Gasteiger partial charge on any atom is -0.381 e. The number of rotatable bonds is 6. The molecule has 0 bridgehead atoms. The van der Waals surface area contributed by atoms with Crippen molar-refractivity contribution in [3.63, 3.8) is 0 Å². The van der Waals surface area contributed by atoms with Crippen LogP contribution in [0, 0.1) is 5.92 Å². The van der Waals surface area contributed by atoms with E-state index in [0.717, 1.165) is 38.8 Å². The predicted molar refractivity (Wildman–Crippen MR) is 103 cm³/mol. The lowest BCUT2D eigenvalue weighted by Gasteiger charge is -2.25. The molecule has 1 aliphatic carbocycles. The molecule has 0 aromatic heterocycles. The number of nitrogens with zero attached hydrogens (tertiary/aromatic N) is 2.